The van der Waals surface area contributed by atoms with Crippen LogP contribution in [0, 0.1) is 6.92 Å². The van der Waals surface area contributed by atoms with Crippen molar-refractivity contribution < 1.29 is 31.9 Å². The predicted molar refractivity (Wildman–Crippen MR) is 142 cm³/mol. The Morgan fingerprint density at radius 2 is 1.90 bits per heavy atom. The third-order valence-corrected chi connectivity index (χ3v) is 6.83. The van der Waals surface area contributed by atoms with Crippen LogP contribution in [-0.4, -0.2) is 50.5 Å². The van der Waals surface area contributed by atoms with Crippen molar-refractivity contribution in [3.63, 3.8) is 0 Å². The van der Waals surface area contributed by atoms with Crippen LogP contribution in [0.3, 0.4) is 0 Å². The van der Waals surface area contributed by atoms with Gasteiger partial charge in [-0.15, -0.1) is 14.8 Å². The normalized spacial score (nSPS) is 14.0. The summed E-state index contributed by atoms with van der Waals surface area (Å²) in [6, 6.07) is 9.18. The van der Waals surface area contributed by atoms with E-state index in [1.54, 1.807) is 25.1 Å². The third kappa shape index (κ3) is 4.92. The van der Waals surface area contributed by atoms with Crippen LogP contribution >= 0.6 is 0 Å². The average molecular weight is 570 g/mol. The molecule has 41 heavy (non-hydrogen) atoms. The predicted octanol–water partition coefficient (Wildman–Crippen LogP) is 4.60. The monoisotopic (exact) mass is 569 g/mol. The van der Waals surface area contributed by atoms with Crippen LogP contribution in [0.5, 0.6) is 5.75 Å². The molecule has 4 N–H and O–H groups in total. The maximum Gasteiger partial charge on any atom is 0.411 e. The van der Waals surface area contributed by atoms with Crippen molar-refractivity contribution in [1.29, 1.82) is 0 Å². The van der Waals surface area contributed by atoms with Gasteiger partial charge in [0.15, 0.2) is 11.6 Å². The number of ether oxygens (including phenoxy) is 1. The second-order valence-corrected chi connectivity index (χ2v) is 9.54. The van der Waals surface area contributed by atoms with E-state index in [1.165, 1.54) is 36.3 Å². The highest BCUT2D eigenvalue weighted by molar-refractivity contribution is 6.03. The molecular formula is C27H23F4N7O3. The number of nitrogen functional groups attached to an aromatic ring is 1. The molecule has 0 unspecified atom stereocenters. The van der Waals surface area contributed by atoms with Gasteiger partial charge in [-0.25, -0.2) is 9.37 Å². The first-order valence-corrected chi connectivity index (χ1v) is 12.2. The maximum atomic E-state index is 13.4. The third-order valence-electron chi connectivity index (χ3n) is 6.83. The van der Waals surface area contributed by atoms with Gasteiger partial charge in [0, 0.05) is 28.4 Å². The number of nitrogens with zero attached hydrogens (tertiary/aromatic N) is 4. The molecule has 2 amide bonds. The second kappa shape index (κ2) is 9.87. The van der Waals surface area contributed by atoms with Crippen molar-refractivity contribution >= 4 is 28.8 Å². The first kappa shape index (κ1) is 27.6. The summed E-state index contributed by atoms with van der Waals surface area (Å²) in [6.07, 6.45) is -3.67. The lowest BCUT2D eigenvalue weighted by atomic mass is 9.95. The van der Waals surface area contributed by atoms with Crippen molar-refractivity contribution in [2.24, 2.45) is 0 Å². The minimum atomic E-state index is -4.54. The first-order chi connectivity index (χ1) is 19.3. The van der Waals surface area contributed by atoms with Crippen LogP contribution in [0.1, 0.15) is 28.8 Å². The number of carbonyl (C=O) groups is 2. The van der Waals surface area contributed by atoms with Crippen LogP contribution in [0.2, 0.25) is 0 Å². The van der Waals surface area contributed by atoms with Crippen molar-refractivity contribution in [2.45, 2.75) is 31.5 Å². The number of rotatable bonds is 7. The van der Waals surface area contributed by atoms with Crippen molar-refractivity contribution in [3.05, 3.63) is 66.3 Å². The van der Waals surface area contributed by atoms with Gasteiger partial charge in [0.25, 0.3) is 11.8 Å². The van der Waals surface area contributed by atoms with E-state index >= 15 is 0 Å². The van der Waals surface area contributed by atoms with Crippen molar-refractivity contribution in [1.82, 2.24) is 25.1 Å². The van der Waals surface area contributed by atoms with Crippen LogP contribution in [0.4, 0.5) is 29.1 Å². The lowest BCUT2D eigenvalue weighted by Gasteiger charge is -2.21. The van der Waals surface area contributed by atoms with Gasteiger partial charge < -0.3 is 21.1 Å². The first-order valence-electron chi connectivity index (χ1n) is 12.2. The molecule has 212 valence electrons. The second-order valence-electron chi connectivity index (χ2n) is 9.54. The zero-order valence-electron chi connectivity index (χ0n) is 21.8. The van der Waals surface area contributed by atoms with E-state index in [4.69, 9.17) is 10.5 Å². The highest BCUT2D eigenvalue weighted by Crippen LogP contribution is 2.49. The van der Waals surface area contributed by atoms with Gasteiger partial charge in [0.2, 0.25) is 0 Å². The zero-order valence-corrected chi connectivity index (χ0v) is 21.8. The molecule has 0 spiro atoms. The molecule has 14 heteroatoms. The molecule has 5 rings (SSSR count). The molecule has 4 aromatic rings. The molecule has 10 nitrogen and oxygen atoms in total. The summed E-state index contributed by atoms with van der Waals surface area (Å²) in [5, 5.41) is 13.2. The van der Waals surface area contributed by atoms with Gasteiger partial charge >= 0.3 is 6.18 Å². The van der Waals surface area contributed by atoms with Gasteiger partial charge in [-0.2, -0.15) is 13.2 Å². The van der Waals surface area contributed by atoms with E-state index in [1.807, 2.05) is 0 Å². The molecule has 1 saturated carbocycles. The standard InChI is InChI=1S/C27H23F4N7O3/c1-13-10-15(4-6-17(13)25(40)36-26(8-9-26)27(29,30)31)20-21(37-38-22(20)23(32)33-12-34-38)18-7-5-16(11-19(18)41-3)35-24(39)14(2)28/h4-7,10-12H,2,8-9H2,1,3H3,(H,35,39)(H,36,40)(H2,32,33,34). The number of carbonyl (C=O) groups excluding carboxylic acids is 2. The minimum Gasteiger partial charge on any atom is -0.496 e. The number of halogens is 4. The number of benzene rings is 2. The summed E-state index contributed by atoms with van der Waals surface area (Å²) in [6.45, 7) is 4.57. The van der Waals surface area contributed by atoms with E-state index in [-0.39, 0.29) is 35.7 Å². The summed E-state index contributed by atoms with van der Waals surface area (Å²) in [5.74, 6) is -2.65. The highest BCUT2D eigenvalue weighted by atomic mass is 19.4. The number of nitrogens with two attached hydrogens (primary N) is 1. The Morgan fingerprint density at radius 1 is 1.17 bits per heavy atom. The molecule has 0 aliphatic heterocycles. The van der Waals surface area contributed by atoms with E-state index in [0.717, 1.165) is 0 Å². The number of methoxy groups -OCH3 is 1. The molecule has 1 fully saturated rings. The van der Waals surface area contributed by atoms with E-state index in [2.05, 4.69) is 32.4 Å². The number of fused-ring (bicyclic) bond motifs is 1. The largest absolute Gasteiger partial charge is 0.496 e. The lowest BCUT2D eigenvalue weighted by molar-refractivity contribution is -0.163. The fraction of sp³-hybridized carbons (Fsp3) is 0.222. The zero-order chi connectivity index (χ0) is 29.7. The molecule has 0 saturated heterocycles. The van der Waals surface area contributed by atoms with Gasteiger partial charge in [0.1, 0.15) is 28.8 Å². The van der Waals surface area contributed by atoms with E-state index < -0.39 is 29.4 Å². The van der Waals surface area contributed by atoms with Gasteiger partial charge in [0.05, 0.1) is 7.11 Å². The summed E-state index contributed by atoms with van der Waals surface area (Å²) in [5.41, 5.74) is 6.83. The molecule has 2 heterocycles. The van der Waals surface area contributed by atoms with Crippen molar-refractivity contribution in [2.75, 3.05) is 18.2 Å². The Balaban J connectivity index is 1.60. The number of alkyl halides is 3. The van der Waals surface area contributed by atoms with Gasteiger partial charge in [-0.1, -0.05) is 18.7 Å². The average Bonchev–Trinajstić information content (AvgIpc) is 3.60. The molecule has 2 aromatic heterocycles. The number of amides is 2. The summed E-state index contributed by atoms with van der Waals surface area (Å²) < 4.78 is 60.2. The molecule has 0 radical (unpaired) electrons. The topological polar surface area (TPSA) is 137 Å². The molecular weight excluding hydrogens is 546 g/mol. The lowest BCUT2D eigenvalue weighted by Crippen LogP contribution is -2.48. The van der Waals surface area contributed by atoms with Gasteiger partial charge in [-0.3, -0.25) is 9.59 Å². The molecule has 2 aromatic carbocycles. The Morgan fingerprint density at radius 3 is 2.51 bits per heavy atom. The Kier molecular flexibility index (Phi) is 6.63. The number of aryl methyl sites for hydroxylation is 1. The SMILES string of the molecule is C=C(F)C(=O)Nc1ccc(-c2nn3ncnc(N)c3c2-c2ccc(C(=O)NC3(C(F)(F)F)CC3)c(C)c2)c(OC)c1. The fourth-order valence-corrected chi connectivity index (χ4v) is 4.51. The quantitative estimate of drug-likeness (QED) is 0.219. The van der Waals surface area contributed by atoms with Gasteiger partial charge in [-0.05, 0) is 49.1 Å². The smallest absolute Gasteiger partial charge is 0.411 e. The molecule has 1 aliphatic carbocycles. The van der Waals surface area contributed by atoms with E-state index in [0.29, 0.717) is 33.5 Å². The number of nitrogens with one attached hydrogen (secondary N) is 2. The number of hydrogen-bond acceptors (Lipinski definition) is 7. The molecule has 0 atom stereocenters. The summed E-state index contributed by atoms with van der Waals surface area (Å²) in [7, 11) is 1.40. The number of anilines is 2. The molecule has 0 bridgehead atoms. The fourth-order valence-electron chi connectivity index (χ4n) is 4.51. The minimum absolute atomic E-state index is 0.0821. The van der Waals surface area contributed by atoms with Crippen LogP contribution in [0.25, 0.3) is 27.9 Å². The van der Waals surface area contributed by atoms with Crippen LogP contribution in [-0.2, 0) is 4.79 Å². The van der Waals surface area contributed by atoms with E-state index in [9.17, 15) is 27.2 Å². The summed E-state index contributed by atoms with van der Waals surface area (Å²) >= 11 is 0. The Hall–Kier alpha value is -5.01. The Labute approximate surface area is 230 Å². The maximum absolute atomic E-state index is 13.4. The summed E-state index contributed by atoms with van der Waals surface area (Å²) in [4.78, 5) is 28.6. The van der Waals surface area contributed by atoms with Crippen LogP contribution < -0.4 is 21.1 Å². The number of hydrogen-bond donors (Lipinski definition) is 3. The van der Waals surface area contributed by atoms with Crippen molar-refractivity contribution in [3.8, 4) is 28.1 Å². The van der Waals surface area contributed by atoms with Crippen LogP contribution in [0.15, 0.2) is 55.1 Å². The molecule has 1 aliphatic rings. The number of aromatic nitrogens is 4. The Bertz CT molecular complexity index is 1730. The highest BCUT2D eigenvalue weighted by Gasteiger charge is 2.64.